The van der Waals surface area contributed by atoms with E-state index in [1.807, 2.05) is 34.3 Å². The first-order valence-electron chi connectivity index (χ1n) is 6.31. The summed E-state index contributed by atoms with van der Waals surface area (Å²) in [6, 6.07) is 3.81. The zero-order chi connectivity index (χ0) is 14.8. The minimum Gasteiger partial charge on any atom is -0.493 e. The van der Waals surface area contributed by atoms with Gasteiger partial charge < -0.3 is 15.2 Å². The van der Waals surface area contributed by atoms with Crippen LogP contribution in [0.1, 0.15) is 11.3 Å². The lowest BCUT2D eigenvalue weighted by molar-refractivity contribution is 0.279. The van der Waals surface area contributed by atoms with E-state index in [0.717, 1.165) is 20.7 Å². The van der Waals surface area contributed by atoms with Gasteiger partial charge in [0.25, 0.3) is 0 Å². The number of nitrogens with two attached hydrogens (primary N) is 1. The number of rotatable bonds is 5. The van der Waals surface area contributed by atoms with E-state index in [1.165, 1.54) is 0 Å². The van der Waals surface area contributed by atoms with Crippen molar-refractivity contribution >= 4 is 32.2 Å². The fraction of sp³-hybridized carbons (Fsp3) is 0.214. The zero-order valence-corrected chi connectivity index (χ0v) is 13.8. The Morgan fingerprint density at radius 3 is 3.00 bits per heavy atom. The van der Waals surface area contributed by atoms with Crippen LogP contribution in [0.4, 0.5) is 0 Å². The summed E-state index contributed by atoms with van der Waals surface area (Å²) >= 11 is 5.09. The Morgan fingerprint density at radius 2 is 2.29 bits per heavy atom. The van der Waals surface area contributed by atoms with Crippen molar-refractivity contribution in [2.45, 2.75) is 13.2 Å². The third-order valence-corrected chi connectivity index (χ3v) is 4.39. The monoisotopic (exact) mass is 367 g/mol. The third-order valence-electron chi connectivity index (χ3n) is 3.03. The first kappa shape index (κ1) is 14.4. The maximum atomic E-state index is 5.86. The summed E-state index contributed by atoms with van der Waals surface area (Å²) in [5.74, 6) is 1.32. The molecule has 21 heavy (non-hydrogen) atoms. The number of hydrogen-bond donors (Lipinski definition) is 1. The smallest absolute Gasteiger partial charge is 0.193 e. The van der Waals surface area contributed by atoms with E-state index in [4.69, 9.17) is 15.2 Å². The Bertz CT molecular complexity index is 740. The molecule has 0 saturated heterocycles. The maximum Gasteiger partial charge on any atom is 0.193 e. The van der Waals surface area contributed by atoms with Gasteiger partial charge in [-0.1, -0.05) is 0 Å². The predicted molar refractivity (Wildman–Crippen MR) is 86.0 cm³/mol. The summed E-state index contributed by atoms with van der Waals surface area (Å²) in [6.45, 7) is 0.831. The summed E-state index contributed by atoms with van der Waals surface area (Å²) in [5, 5.41) is 2.00. The molecule has 2 N–H and O–H groups in total. The molecule has 110 valence electrons. The summed E-state index contributed by atoms with van der Waals surface area (Å²) in [4.78, 5) is 5.44. The van der Waals surface area contributed by atoms with E-state index < -0.39 is 0 Å². The van der Waals surface area contributed by atoms with Crippen molar-refractivity contribution in [2.24, 2.45) is 5.73 Å². The summed E-state index contributed by atoms with van der Waals surface area (Å²) in [7, 11) is 1.61. The molecule has 3 rings (SSSR count). The molecule has 0 amide bonds. The Kier molecular flexibility index (Phi) is 4.14. The van der Waals surface area contributed by atoms with Gasteiger partial charge in [0.2, 0.25) is 0 Å². The fourth-order valence-corrected chi connectivity index (χ4v) is 3.35. The van der Waals surface area contributed by atoms with Gasteiger partial charge in [-0.3, -0.25) is 4.40 Å². The van der Waals surface area contributed by atoms with E-state index >= 15 is 0 Å². The van der Waals surface area contributed by atoms with Crippen LogP contribution in [0.25, 0.3) is 4.96 Å². The van der Waals surface area contributed by atoms with Crippen LogP contribution in [0.3, 0.4) is 0 Å². The second-order valence-electron chi connectivity index (χ2n) is 4.43. The van der Waals surface area contributed by atoms with E-state index in [2.05, 4.69) is 20.9 Å². The van der Waals surface area contributed by atoms with Crippen LogP contribution in [-0.2, 0) is 13.2 Å². The Labute approximate surface area is 134 Å². The summed E-state index contributed by atoms with van der Waals surface area (Å²) in [5.41, 5.74) is 7.51. The highest BCUT2D eigenvalue weighted by Gasteiger charge is 2.12. The molecule has 0 aliphatic heterocycles. The topological polar surface area (TPSA) is 61.8 Å². The standard InChI is InChI=1S/C14H14BrN3O2S/c1-19-12-5-9(6-16)4-11(15)13(12)20-8-10-7-18-2-3-21-14(18)17-10/h2-5,7H,6,8,16H2,1H3. The van der Waals surface area contributed by atoms with Crippen LogP contribution < -0.4 is 15.2 Å². The average Bonchev–Trinajstić information content (AvgIpc) is 3.06. The van der Waals surface area contributed by atoms with Crippen molar-refractivity contribution in [3.8, 4) is 11.5 Å². The Balaban J connectivity index is 1.82. The number of nitrogens with zero attached hydrogens (tertiary/aromatic N) is 2. The molecule has 0 aliphatic rings. The van der Waals surface area contributed by atoms with Crippen molar-refractivity contribution in [1.29, 1.82) is 0 Å². The molecule has 2 heterocycles. The van der Waals surface area contributed by atoms with E-state index in [0.29, 0.717) is 24.7 Å². The highest BCUT2D eigenvalue weighted by Crippen LogP contribution is 2.37. The van der Waals surface area contributed by atoms with Crippen LogP contribution in [0.15, 0.2) is 34.4 Å². The van der Waals surface area contributed by atoms with Gasteiger partial charge >= 0.3 is 0 Å². The van der Waals surface area contributed by atoms with E-state index in [1.54, 1.807) is 18.4 Å². The molecule has 0 bridgehead atoms. The summed E-state index contributed by atoms with van der Waals surface area (Å²) in [6.07, 6.45) is 3.93. The second kappa shape index (κ2) is 6.05. The predicted octanol–water partition coefficient (Wildman–Crippen LogP) is 3.20. The number of benzene rings is 1. The lowest BCUT2D eigenvalue weighted by Crippen LogP contribution is -2.02. The quantitative estimate of drug-likeness (QED) is 0.751. The molecule has 3 aromatic rings. The first-order valence-corrected chi connectivity index (χ1v) is 7.99. The maximum absolute atomic E-state index is 5.86. The van der Waals surface area contributed by atoms with Crippen molar-refractivity contribution in [3.05, 3.63) is 45.6 Å². The minimum absolute atomic E-state index is 0.380. The number of hydrogen-bond acceptors (Lipinski definition) is 5. The van der Waals surface area contributed by atoms with Crippen LogP contribution >= 0.6 is 27.3 Å². The molecule has 0 aliphatic carbocycles. The van der Waals surface area contributed by atoms with Gasteiger partial charge in [-0.15, -0.1) is 11.3 Å². The highest BCUT2D eigenvalue weighted by molar-refractivity contribution is 9.10. The average molecular weight is 368 g/mol. The fourth-order valence-electron chi connectivity index (χ4n) is 2.02. The van der Waals surface area contributed by atoms with Gasteiger partial charge in [0.05, 0.1) is 17.3 Å². The lowest BCUT2D eigenvalue weighted by Gasteiger charge is -2.13. The molecule has 0 unspecified atom stereocenters. The summed E-state index contributed by atoms with van der Waals surface area (Å²) < 4.78 is 14.0. The molecule has 0 radical (unpaired) electrons. The minimum atomic E-state index is 0.380. The highest BCUT2D eigenvalue weighted by atomic mass is 79.9. The molecule has 0 saturated carbocycles. The number of aromatic nitrogens is 2. The van der Waals surface area contributed by atoms with Gasteiger partial charge in [-0.25, -0.2) is 4.98 Å². The number of methoxy groups -OCH3 is 1. The Hall–Kier alpha value is -1.57. The van der Waals surface area contributed by atoms with Crippen LogP contribution in [-0.4, -0.2) is 16.5 Å². The molecule has 0 spiro atoms. The number of imidazole rings is 1. The number of halogens is 1. The second-order valence-corrected chi connectivity index (χ2v) is 6.15. The normalized spacial score (nSPS) is 11.0. The van der Waals surface area contributed by atoms with Crippen molar-refractivity contribution < 1.29 is 9.47 Å². The molecule has 2 aromatic heterocycles. The number of ether oxygens (including phenoxy) is 2. The molecule has 1 aromatic carbocycles. The van der Waals surface area contributed by atoms with Crippen molar-refractivity contribution in [3.63, 3.8) is 0 Å². The molecular formula is C14H14BrN3O2S. The van der Waals surface area contributed by atoms with Gasteiger partial charge in [-0.2, -0.15) is 0 Å². The van der Waals surface area contributed by atoms with Crippen LogP contribution in [0, 0.1) is 0 Å². The number of thiazole rings is 1. The van der Waals surface area contributed by atoms with Crippen LogP contribution in [0.5, 0.6) is 11.5 Å². The molecule has 0 atom stereocenters. The van der Waals surface area contributed by atoms with Crippen LogP contribution in [0.2, 0.25) is 0 Å². The lowest BCUT2D eigenvalue weighted by atomic mass is 10.2. The van der Waals surface area contributed by atoms with Gasteiger partial charge in [0.15, 0.2) is 16.5 Å². The molecule has 5 nitrogen and oxygen atoms in total. The third kappa shape index (κ3) is 2.90. The van der Waals surface area contributed by atoms with E-state index in [-0.39, 0.29) is 0 Å². The number of fused-ring (bicyclic) bond motifs is 1. The van der Waals surface area contributed by atoms with Gasteiger partial charge in [0, 0.05) is 24.3 Å². The van der Waals surface area contributed by atoms with Gasteiger partial charge in [-0.05, 0) is 33.6 Å². The van der Waals surface area contributed by atoms with Crippen molar-refractivity contribution in [2.75, 3.05) is 7.11 Å². The first-order chi connectivity index (χ1) is 10.2. The Morgan fingerprint density at radius 1 is 1.43 bits per heavy atom. The largest absolute Gasteiger partial charge is 0.493 e. The SMILES string of the molecule is COc1cc(CN)cc(Br)c1OCc1cn2ccsc2n1. The molecule has 0 fully saturated rings. The van der Waals surface area contributed by atoms with Gasteiger partial charge in [0.1, 0.15) is 6.61 Å². The molecular weight excluding hydrogens is 354 g/mol. The van der Waals surface area contributed by atoms with E-state index in [9.17, 15) is 0 Å². The van der Waals surface area contributed by atoms with Crippen molar-refractivity contribution in [1.82, 2.24) is 9.38 Å². The zero-order valence-electron chi connectivity index (χ0n) is 11.4. The molecule has 7 heteroatoms.